The minimum atomic E-state index is 0.0333. The van der Waals surface area contributed by atoms with Gasteiger partial charge in [-0.2, -0.15) is 0 Å². The number of carbonyl (C=O) groups excluding carboxylic acids is 1. The number of nitrogens with one attached hydrogen (secondary N) is 1. The molecule has 7 heteroatoms. The summed E-state index contributed by atoms with van der Waals surface area (Å²) in [5.41, 5.74) is 4.51. The zero-order valence-electron chi connectivity index (χ0n) is 19.3. The van der Waals surface area contributed by atoms with Gasteiger partial charge < -0.3 is 15.1 Å². The van der Waals surface area contributed by atoms with Crippen LogP contribution in [0.3, 0.4) is 0 Å². The van der Waals surface area contributed by atoms with Crippen LogP contribution >= 0.6 is 11.9 Å². The molecule has 1 saturated heterocycles. The van der Waals surface area contributed by atoms with Crippen molar-refractivity contribution in [1.82, 2.24) is 9.29 Å². The summed E-state index contributed by atoms with van der Waals surface area (Å²) in [6.45, 7) is 6.70. The van der Waals surface area contributed by atoms with Crippen molar-refractivity contribution >= 4 is 34.9 Å². The molecule has 1 fully saturated rings. The first-order valence-corrected chi connectivity index (χ1v) is 12.1. The van der Waals surface area contributed by atoms with Crippen molar-refractivity contribution in [2.24, 2.45) is 0 Å². The molecule has 2 aromatic carbocycles. The predicted molar refractivity (Wildman–Crippen MR) is 138 cm³/mol. The minimum Gasteiger partial charge on any atom is -0.368 e. The lowest BCUT2D eigenvalue weighted by atomic mass is 10.2. The fraction of sp³-hybridized carbons (Fsp3) is 0.308. The normalized spacial score (nSPS) is 13.9. The van der Waals surface area contributed by atoms with E-state index in [9.17, 15) is 4.79 Å². The molecule has 1 N–H and O–H groups in total. The van der Waals surface area contributed by atoms with Crippen LogP contribution in [0.5, 0.6) is 0 Å². The maximum atomic E-state index is 12.4. The molecule has 0 unspecified atom stereocenters. The van der Waals surface area contributed by atoms with Gasteiger partial charge in [0.25, 0.3) is 0 Å². The third-order valence-electron chi connectivity index (χ3n) is 5.83. The number of nitrogens with zero attached hydrogens (tertiary/aromatic N) is 4. The summed E-state index contributed by atoms with van der Waals surface area (Å²) in [6.07, 6.45) is 4.14. The molecule has 0 aliphatic carbocycles. The van der Waals surface area contributed by atoms with E-state index < -0.39 is 0 Å². The second-order valence-corrected chi connectivity index (χ2v) is 9.48. The van der Waals surface area contributed by atoms with Gasteiger partial charge in [0, 0.05) is 73.5 Å². The van der Waals surface area contributed by atoms with Crippen molar-refractivity contribution in [1.29, 1.82) is 0 Å². The largest absolute Gasteiger partial charge is 0.368 e. The molecule has 0 saturated carbocycles. The maximum absolute atomic E-state index is 12.4. The number of carbonyl (C=O) groups is 1. The van der Waals surface area contributed by atoms with E-state index in [1.165, 1.54) is 21.8 Å². The quantitative estimate of drug-likeness (QED) is 0.492. The molecule has 2 heterocycles. The van der Waals surface area contributed by atoms with Crippen LogP contribution in [0.25, 0.3) is 0 Å². The van der Waals surface area contributed by atoms with Gasteiger partial charge in [-0.25, -0.2) is 4.31 Å². The Labute approximate surface area is 200 Å². The molecular weight excluding hydrogens is 430 g/mol. The Bertz CT molecular complexity index is 1040. The third kappa shape index (κ3) is 6.49. The number of aryl methyl sites for hydroxylation is 1. The Morgan fingerprint density at radius 2 is 1.55 bits per heavy atom. The zero-order valence-corrected chi connectivity index (χ0v) is 20.1. The molecule has 4 rings (SSSR count). The average Bonchev–Trinajstić information content (AvgIpc) is 2.85. The highest BCUT2D eigenvalue weighted by molar-refractivity contribution is 7.97. The molecule has 0 atom stereocenters. The summed E-state index contributed by atoms with van der Waals surface area (Å²) in [7, 11) is 2.02. The molecule has 3 aromatic rings. The maximum Gasteiger partial charge on any atom is 0.225 e. The molecule has 1 aliphatic heterocycles. The highest BCUT2D eigenvalue weighted by atomic mass is 32.2. The van der Waals surface area contributed by atoms with E-state index >= 15 is 0 Å². The summed E-state index contributed by atoms with van der Waals surface area (Å²) < 4.78 is 2.11. The number of benzene rings is 2. The molecule has 1 aromatic heterocycles. The highest BCUT2D eigenvalue weighted by Crippen LogP contribution is 2.25. The van der Waals surface area contributed by atoms with Crippen LogP contribution in [0.4, 0.5) is 17.1 Å². The number of rotatable bonds is 8. The summed E-state index contributed by atoms with van der Waals surface area (Å²) in [5.74, 6) is 0.0333. The Kier molecular flexibility index (Phi) is 7.86. The minimum absolute atomic E-state index is 0.0333. The van der Waals surface area contributed by atoms with Crippen molar-refractivity contribution in [3.05, 3.63) is 78.6 Å². The van der Waals surface area contributed by atoms with Crippen molar-refractivity contribution in [3.8, 4) is 0 Å². The average molecular weight is 462 g/mol. The van der Waals surface area contributed by atoms with Gasteiger partial charge in [-0.3, -0.25) is 9.78 Å². The predicted octanol–water partition coefficient (Wildman–Crippen LogP) is 4.68. The standard InChI is InChI=1S/C26H31N5OS/c1-21-5-3-4-6-25(21)33-29(2)16-13-26(32)28-22-7-9-23(10-8-22)30-17-19-31(20-18-30)24-11-14-27-15-12-24/h3-12,14-15H,13,16-20H2,1-2H3,(H,28,32). The molecular formula is C26H31N5OS. The number of hydrogen-bond acceptors (Lipinski definition) is 6. The van der Waals surface area contributed by atoms with Crippen LogP contribution in [0.15, 0.2) is 78.0 Å². The van der Waals surface area contributed by atoms with Crippen LogP contribution in [-0.2, 0) is 4.79 Å². The first-order valence-electron chi connectivity index (χ1n) is 11.3. The van der Waals surface area contributed by atoms with Crippen LogP contribution in [-0.4, -0.2) is 55.0 Å². The fourth-order valence-corrected chi connectivity index (χ4v) is 4.76. The summed E-state index contributed by atoms with van der Waals surface area (Å²) in [5, 5.41) is 3.02. The molecule has 0 radical (unpaired) electrons. The Hall–Kier alpha value is -3.03. The SMILES string of the molecule is Cc1ccccc1SN(C)CCC(=O)Nc1ccc(N2CCN(c3ccncc3)CC2)cc1. The molecule has 6 nitrogen and oxygen atoms in total. The van der Waals surface area contributed by atoms with Gasteiger partial charge in [-0.05, 0) is 73.9 Å². The van der Waals surface area contributed by atoms with Crippen LogP contribution in [0.1, 0.15) is 12.0 Å². The molecule has 0 bridgehead atoms. The van der Waals surface area contributed by atoms with Gasteiger partial charge in [0.05, 0.1) is 0 Å². The second-order valence-electron chi connectivity index (χ2n) is 8.23. The smallest absolute Gasteiger partial charge is 0.225 e. The highest BCUT2D eigenvalue weighted by Gasteiger charge is 2.17. The molecule has 1 aliphatic rings. The van der Waals surface area contributed by atoms with Crippen LogP contribution in [0.2, 0.25) is 0 Å². The van der Waals surface area contributed by atoms with Crippen LogP contribution < -0.4 is 15.1 Å². The molecule has 33 heavy (non-hydrogen) atoms. The zero-order chi connectivity index (χ0) is 23.0. The number of pyridine rings is 1. The Morgan fingerprint density at radius 1 is 0.939 bits per heavy atom. The molecule has 0 spiro atoms. The lowest BCUT2D eigenvalue weighted by Crippen LogP contribution is -2.46. The summed E-state index contributed by atoms with van der Waals surface area (Å²) >= 11 is 1.68. The van der Waals surface area contributed by atoms with Crippen molar-refractivity contribution in [3.63, 3.8) is 0 Å². The van der Waals surface area contributed by atoms with Gasteiger partial charge in [-0.15, -0.1) is 0 Å². The van der Waals surface area contributed by atoms with Crippen molar-refractivity contribution in [2.45, 2.75) is 18.2 Å². The van der Waals surface area contributed by atoms with E-state index in [0.29, 0.717) is 13.0 Å². The lowest BCUT2D eigenvalue weighted by molar-refractivity contribution is -0.116. The van der Waals surface area contributed by atoms with Crippen molar-refractivity contribution < 1.29 is 4.79 Å². The van der Waals surface area contributed by atoms with E-state index in [0.717, 1.165) is 31.9 Å². The van der Waals surface area contributed by atoms with Gasteiger partial charge in [0.1, 0.15) is 0 Å². The lowest BCUT2D eigenvalue weighted by Gasteiger charge is -2.37. The number of anilines is 3. The van der Waals surface area contributed by atoms with Crippen LogP contribution in [0, 0.1) is 6.92 Å². The molecule has 1 amide bonds. The summed E-state index contributed by atoms with van der Waals surface area (Å²) in [4.78, 5) is 22.5. The third-order valence-corrected chi connectivity index (χ3v) is 6.97. The topological polar surface area (TPSA) is 51.7 Å². The van der Waals surface area contributed by atoms with E-state index in [1.54, 1.807) is 11.9 Å². The fourth-order valence-electron chi connectivity index (χ4n) is 3.89. The monoisotopic (exact) mass is 461 g/mol. The second kappa shape index (κ2) is 11.2. The van der Waals surface area contributed by atoms with E-state index in [-0.39, 0.29) is 5.91 Å². The van der Waals surface area contributed by atoms with E-state index in [2.05, 4.69) is 67.7 Å². The first-order chi connectivity index (χ1) is 16.1. The Balaban J connectivity index is 1.21. The van der Waals surface area contributed by atoms with E-state index in [1.807, 2.05) is 43.7 Å². The number of aromatic nitrogens is 1. The van der Waals surface area contributed by atoms with Gasteiger partial charge >= 0.3 is 0 Å². The Morgan fingerprint density at radius 3 is 2.18 bits per heavy atom. The van der Waals surface area contributed by atoms with Gasteiger partial charge in [0.15, 0.2) is 0 Å². The first kappa shape index (κ1) is 23.1. The number of hydrogen-bond donors (Lipinski definition) is 1. The van der Waals surface area contributed by atoms with Gasteiger partial charge in [0.2, 0.25) is 5.91 Å². The number of piperazine rings is 1. The number of amides is 1. The van der Waals surface area contributed by atoms with Gasteiger partial charge in [-0.1, -0.05) is 18.2 Å². The summed E-state index contributed by atoms with van der Waals surface area (Å²) in [6, 6.07) is 20.6. The molecule has 172 valence electrons. The van der Waals surface area contributed by atoms with Crippen molar-refractivity contribution in [2.75, 3.05) is 54.9 Å². The van der Waals surface area contributed by atoms with E-state index in [4.69, 9.17) is 0 Å².